The van der Waals surface area contributed by atoms with Crippen molar-refractivity contribution >= 4 is 61.4 Å². The number of amides is 1. The fraction of sp³-hybridized carbons (Fsp3) is 0.333. The van der Waals surface area contributed by atoms with Gasteiger partial charge in [0.1, 0.15) is 5.00 Å². The first-order valence-electron chi connectivity index (χ1n) is 11.0. The second-order valence-corrected chi connectivity index (χ2v) is 10.7. The minimum atomic E-state index is -0.414. The van der Waals surface area contributed by atoms with Crippen molar-refractivity contribution in [2.24, 2.45) is 0 Å². The van der Waals surface area contributed by atoms with E-state index in [4.69, 9.17) is 4.74 Å². The number of ether oxygens (including phenoxy) is 1. The predicted molar refractivity (Wildman–Crippen MR) is 140 cm³/mol. The highest BCUT2D eigenvalue weighted by molar-refractivity contribution is 7.99. The molecule has 0 atom stereocenters. The van der Waals surface area contributed by atoms with Crippen LogP contribution < -0.4 is 5.32 Å². The van der Waals surface area contributed by atoms with E-state index in [1.54, 1.807) is 18.3 Å². The number of esters is 1. The maximum atomic E-state index is 12.8. The van der Waals surface area contributed by atoms with Gasteiger partial charge in [-0.25, -0.2) is 4.79 Å². The summed E-state index contributed by atoms with van der Waals surface area (Å²) < 4.78 is 8.46. The minimum Gasteiger partial charge on any atom is -0.462 e. The number of benzene rings is 1. The summed E-state index contributed by atoms with van der Waals surface area (Å²) in [6.07, 6.45) is 0.920. The maximum Gasteiger partial charge on any atom is 0.341 e. The van der Waals surface area contributed by atoms with E-state index >= 15 is 0 Å². The van der Waals surface area contributed by atoms with Crippen molar-refractivity contribution < 1.29 is 14.3 Å². The first kappa shape index (κ1) is 24.4. The number of anilines is 1. The Bertz CT molecular complexity index is 1340. The van der Waals surface area contributed by atoms with E-state index in [1.807, 2.05) is 26.0 Å². The van der Waals surface area contributed by atoms with Gasteiger partial charge in [0.05, 0.1) is 17.9 Å². The fourth-order valence-corrected chi connectivity index (χ4v) is 6.40. The van der Waals surface area contributed by atoms with Crippen LogP contribution in [0, 0.1) is 13.8 Å². The number of thiophene rings is 2. The molecule has 0 saturated heterocycles. The van der Waals surface area contributed by atoms with E-state index in [0.29, 0.717) is 15.7 Å². The quantitative estimate of drug-likeness (QED) is 0.213. The highest BCUT2D eigenvalue weighted by atomic mass is 32.2. The van der Waals surface area contributed by atoms with Crippen LogP contribution in [0.4, 0.5) is 5.00 Å². The molecular weight excluding hydrogens is 488 g/mol. The van der Waals surface area contributed by atoms with Gasteiger partial charge < -0.3 is 14.6 Å². The van der Waals surface area contributed by atoms with Gasteiger partial charge in [0.15, 0.2) is 11.0 Å². The van der Waals surface area contributed by atoms with Crippen LogP contribution in [0.15, 0.2) is 34.8 Å². The Hall–Kier alpha value is -2.69. The number of fused-ring (bicyclic) bond motifs is 1. The number of aryl methyl sites for hydroxylation is 1. The molecule has 178 valence electrons. The van der Waals surface area contributed by atoms with Crippen LogP contribution in [0.25, 0.3) is 21.5 Å². The zero-order chi connectivity index (χ0) is 24.2. The number of hydrogen-bond donors (Lipinski definition) is 1. The Balaban J connectivity index is 1.52. The summed E-state index contributed by atoms with van der Waals surface area (Å²) in [6, 6.07) is 8.25. The van der Waals surface area contributed by atoms with Crippen molar-refractivity contribution in [3.05, 3.63) is 45.6 Å². The highest BCUT2D eigenvalue weighted by Crippen LogP contribution is 2.35. The molecule has 1 amide bonds. The van der Waals surface area contributed by atoms with E-state index in [-0.39, 0.29) is 18.3 Å². The summed E-state index contributed by atoms with van der Waals surface area (Å²) in [5.41, 5.74) is 2.33. The molecule has 4 aromatic rings. The van der Waals surface area contributed by atoms with Gasteiger partial charge in [0.25, 0.3) is 0 Å². The van der Waals surface area contributed by atoms with Crippen molar-refractivity contribution in [2.75, 3.05) is 17.7 Å². The maximum absolute atomic E-state index is 12.8. The Morgan fingerprint density at radius 3 is 2.74 bits per heavy atom. The lowest BCUT2D eigenvalue weighted by Crippen LogP contribution is -2.17. The van der Waals surface area contributed by atoms with E-state index < -0.39 is 5.97 Å². The number of nitrogens with one attached hydrogen (secondary N) is 1. The van der Waals surface area contributed by atoms with Crippen molar-refractivity contribution in [3.63, 3.8) is 0 Å². The van der Waals surface area contributed by atoms with Gasteiger partial charge in [-0.05, 0) is 38.8 Å². The van der Waals surface area contributed by atoms with Crippen molar-refractivity contribution in [1.82, 2.24) is 14.8 Å². The Morgan fingerprint density at radius 1 is 1.18 bits per heavy atom. The number of carbonyl (C=O) groups is 2. The molecule has 3 heterocycles. The summed E-state index contributed by atoms with van der Waals surface area (Å²) in [7, 11) is 0. The van der Waals surface area contributed by atoms with Gasteiger partial charge in [0, 0.05) is 32.5 Å². The van der Waals surface area contributed by atoms with Crippen molar-refractivity contribution in [1.29, 1.82) is 0 Å². The van der Waals surface area contributed by atoms with Gasteiger partial charge in [-0.3, -0.25) is 4.79 Å². The average molecular weight is 515 g/mol. The van der Waals surface area contributed by atoms with Crippen molar-refractivity contribution in [2.45, 2.75) is 45.8 Å². The number of nitrogens with zero attached hydrogens (tertiary/aromatic N) is 3. The molecule has 4 rings (SSSR count). The molecule has 0 unspecified atom stereocenters. The number of hydrogen-bond acceptors (Lipinski definition) is 8. The van der Waals surface area contributed by atoms with Crippen LogP contribution in [-0.4, -0.2) is 39.0 Å². The summed E-state index contributed by atoms with van der Waals surface area (Å²) >= 11 is 4.41. The largest absolute Gasteiger partial charge is 0.462 e. The molecule has 0 aliphatic heterocycles. The van der Waals surface area contributed by atoms with Crippen molar-refractivity contribution in [3.8, 4) is 11.4 Å². The van der Waals surface area contributed by atoms with E-state index in [9.17, 15) is 9.59 Å². The first-order chi connectivity index (χ1) is 16.4. The Kier molecular flexibility index (Phi) is 7.70. The standard InChI is InChI=1S/C24H26N4O3S3/c1-5-11-28-21(17-12-32-18-10-8-7-9-16(17)18)26-27-24(28)33-13-19(29)25-22-20(23(30)31-6-2)14(3)15(4)34-22/h7-10,12H,5-6,11,13H2,1-4H3,(H,25,29). The van der Waals surface area contributed by atoms with Crippen LogP contribution in [0.2, 0.25) is 0 Å². The molecule has 1 N–H and O–H groups in total. The first-order valence-corrected chi connectivity index (χ1v) is 13.7. The second kappa shape index (κ2) is 10.7. The van der Waals surface area contributed by atoms with Gasteiger partial charge in [-0.1, -0.05) is 36.9 Å². The summed E-state index contributed by atoms with van der Waals surface area (Å²) in [6.45, 7) is 8.70. The van der Waals surface area contributed by atoms with Gasteiger partial charge in [0.2, 0.25) is 5.91 Å². The molecule has 0 bridgehead atoms. The SMILES string of the molecule is CCCn1c(SCC(=O)Nc2sc(C)c(C)c2C(=O)OCC)nnc1-c1csc2ccccc12. The topological polar surface area (TPSA) is 86.1 Å². The molecule has 0 aliphatic rings. The van der Waals surface area contributed by atoms with Crippen LogP contribution >= 0.6 is 34.4 Å². The smallest absolute Gasteiger partial charge is 0.341 e. The second-order valence-electron chi connectivity index (χ2n) is 7.65. The number of thioether (sulfide) groups is 1. The zero-order valence-corrected chi connectivity index (χ0v) is 22.0. The molecule has 10 heteroatoms. The van der Waals surface area contributed by atoms with Gasteiger partial charge in [-0.15, -0.1) is 32.9 Å². The summed E-state index contributed by atoms with van der Waals surface area (Å²) in [5, 5.41) is 16.3. The van der Waals surface area contributed by atoms with Crippen LogP contribution in [0.3, 0.4) is 0 Å². The predicted octanol–water partition coefficient (Wildman–Crippen LogP) is 6.16. The lowest BCUT2D eigenvalue weighted by molar-refractivity contribution is -0.113. The Morgan fingerprint density at radius 2 is 1.97 bits per heavy atom. The van der Waals surface area contributed by atoms with Crippen LogP contribution in [0.1, 0.15) is 41.1 Å². The molecular formula is C24H26N4O3S3. The van der Waals surface area contributed by atoms with E-state index in [1.165, 1.54) is 27.8 Å². The summed E-state index contributed by atoms with van der Waals surface area (Å²) in [5.74, 6) is 0.356. The summed E-state index contributed by atoms with van der Waals surface area (Å²) in [4.78, 5) is 26.2. The molecule has 1 aromatic carbocycles. The van der Waals surface area contributed by atoms with Gasteiger partial charge in [-0.2, -0.15) is 0 Å². The molecule has 34 heavy (non-hydrogen) atoms. The molecule has 7 nitrogen and oxygen atoms in total. The van der Waals surface area contributed by atoms with E-state index in [2.05, 4.69) is 44.5 Å². The highest BCUT2D eigenvalue weighted by Gasteiger charge is 2.23. The molecule has 0 spiro atoms. The monoisotopic (exact) mass is 514 g/mol. The number of aromatic nitrogens is 3. The van der Waals surface area contributed by atoms with E-state index in [0.717, 1.165) is 40.2 Å². The lowest BCUT2D eigenvalue weighted by Gasteiger charge is -2.09. The normalized spacial score (nSPS) is 11.2. The zero-order valence-electron chi connectivity index (χ0n) is 19.5. The molecule has 0 fully saturated rings. The number of rotatable bonds is 9. The third kappa shape index (κ3) is 4.89. The minimum absolute atomic E-state index is 0.157. The molecule has 0 saturated carbocycles. The van der Waals surface area contributed by atoms with Crippen LogP contribution in [0.5, 0.6) is 0 Å². The van der Waals surface area contributed by atoms with Crippen LogP contribution in [-0.2, 0) is 16.1 Å². The fourth-order valence-electron chi connectivity index (χ4n) is 3.63. The lowest BCUT2D eigenvalue weighted by atomic mass is 10.1. The molecule has 0 aliphatic carbocycles. The third-order valence-corrected chi connectivity index (χ3v) is 8.39. The molecule has 3 aromatic heterocycles. The van der Waals surface area contributed by atoms with Gasteiger partial charge >= 0.3 is 5.97 Å². The third-order valence-electron chi connectivity index (χ3n) is 5.34. The Labute approximate surface area is 210 Å². The number of carbonyl (C=O) groups excluding carboxylic acids is 2. The molecule has 0 radical (unpaired) electrons. The average Bonchev–Trinajstić information content (AvgIpc) is 3.49.